The number of benzene rings is 1. The smallest absolute Gasteiger partial charge is 0.256 e. The van der Waals surface area contributed by atoms with Crippen LogP contribution in [0.5, 0.6) is 5.75 Å². The summed E-state index contributed by atoms with van der Waals surface area (Å²) in [6.07, 6.45) is 3.31. The van der Waals surface area contributed by atoms with E-state index in [1.165, 1.54) is 0 Å². The first-order valence-electron chi connectivity index (χ1n) is 8.91. The minimum atomic E-state index is -0.842. The lowest BCUT2D eigenvalue weighted by atomic mass is 9.98. The molecule has 0 bridgehead atoms. The minimum Gasteiger partial charge on any atom is -0.489 e. The number of anilines is 1. The van der Waals surface area contributed by atoms with Crippen LogP contribution in [0.3, 0.4) is 0 Å². The van der Waals surface area contributed by atoms with E-state index in [1.54, 1.807) is 6.20 Å². The van der Waals surface area contributed by atoms with Gasteiger partial charge in [-0.15, -0.1) is 0 Å². The second-order valence-corrected chi connectivity index (χ2v) is 6.55. The summed E-state index contributed by atoms with van der Waals surface area (Å²) in [5, 5.41) is 3.87. The zero-order valence-electron chi connectivity index (χ0n) is 15.8. The molecular formula is C20H28N2O3. The average molecular weight is 344 g/mol. The average Bonchev–Trinajstić information content (AvgIpc) is 2.57. The van der Waals surface area contributed by atoms with Gasteiger partial charge in [0.2, 0.25) is 0 Å². The first kappa shape index (κ1) is 19.2. The molecule has 2 rings (SSSR count). The Labute approximate surface area is 149 Å². The molecule has 0 aliphatic rings. The Morgan fingerprint density at radius 3 is 2.68 bits per heavy atom. The van der Waals surface area contributed by atoms with Gasteiger partial charge in [-0.25, -0.2) is 0 Å². The second kappa shape index (κ2) is 8.30. The van der Waals surface area contributed by atoms with Gasteiger partial charge in [-0.05, 0) is 58.4 Å². The molecule has 1 aromatic carbocycles. The lowest BCUT2D eigenvalue weighted by molar-refractivity contribution is -0.139. The lowest BCUT2D eigenvalue weighted by Gasteiger charge is -2.28. The fourth-order valence-electron chi connectivity index (χ4n) is 2.91. The predicted octanol–water partition coefficient (Wildman–Crippen LogP) is 4.56. The summed E-state index contributed by atoms with van der Waals surface area (Å²) in [6.45, 7) is 10.2. The Hall–Kier alpha value is -2.14. The van der Waals surface area contributed by atoms with Crippen LogP contribution in [-0.4, -0.2) is 29.2 Å². The number of nitrogens with one attached hydrogen (secondary N) is 1. The second-order valence-electron chi connectivity index (χ2n) is 6.55. The van der Waals surface area contributed by atoms with Gasteiger partial charge in [-0.2, -0.15) is 0 Å². The SMILES string of the molecule is CCC[C@](C)(OCC)C(=O)Nc1ccc(OC(C)C)c2ncccc12. The largest absolute Gasteiger partial charge is 0.489 e. The van der Waals surface area contributed by atoms with Gasteiger partial charge >= 0.3 is 0 Å². The number of fused-ring (bicyclic) bond motifs is 1. The van der Waals surface area contributed by atoms with Crippen LogP contribution in [0.15, 0.2) is 30.5 Å². The first-order chi connectivity index (χ1) is 11.9. The van der Waals surface area contributed by atoms with Gasteiger partial charge in [0.25, 0.3) is 5.91 Å². The van der Waals surface area contributed by atoms with E-state index in [2.05, 4.69) is 10.3 Å². The molecule has 1 amide bonds. The van der Waals surface area contributed by atoms with E-state index in [4.69, 9.17) is 9.47 Å². The highest BCUT2D eigenvalue weighted by Gasteiger charge is 2.33. The van der Waals surface area contributed by atoms with Crippen LogP contribution in [0.4, 0.5) is 5.69 Å². The van der Waals surface area contributed by atoms with Crippen LogP contribution < -0.4 is 10.1 Å². The van der Waals surface area contributed by atoms with E-state index in [9.17, 15) is 4.79 Å². The molecule has 136 valence electrons. The molecule has 0 aliphatic heterocycles. The van der Waals surface area contributed by atoms with Gasteiger partial charge < -0.3 is 14.8 Å². The molecule has 0 aliphatic carbocycles. The highest BCUT2D eigenvalue weighted by Crippen LogP contribution is 2.31. The van der Waals surface area contributed by atoms with Crippen molar-refractivity contribution in [2.75, 3.05) is 11.9 Å². The Morgan fingerprint density at radius 2 is 2.04 bits per heavy atom. The standard InChI is InChI=1S/C20H28N2O3/c1-6-12-20(5,24-7-2)19(23)22-16-10-11-17(25-14(3)4)18-15(16)9-8-13-21-18/h8-11,13-14H,6-7,12H2,1-5H3,(H,22,23)/t20-/m0/s1. The molecular weight excluding hydrogens is 316 g/mol. The number of ether oxygens (including phenoxy) is 2. The maximum Gasteiger partial charge on any atom is 0.256 e. The Morgan fingerprint density at radius 1 is 1.28 bits per heavy atom. The van der Waals surface area contributed by atoms with E-state index in [0.717, 1.165) is 17.3 Å². The molecule has 25 heavy (non-hydrogen) atoms. The molecule has 5 nitrogen and oxygen atoms in total. The van der Waals surface area contributed by atoms with Crippen molar-refractivity contribution >= 4 is 22.5 Å². The zero-order chi connectivity index (χ0) is 18.4. The van der Waals surface area contributed by atoms with Gasteiger partial charge in [-0.3, -0.25) is 9.78 Å². The third-order valence-electron chi connectivity index (χ3n) is 4.01. The van der Waals surface area contributed by atoms with Crippen molar-refractivity contribution in [2.24, 2.45) is 0 Å². The van der Waals surface area contributed by atoms with Crippen molar-refractivity contribution < 1.29 is 14.3 Å². The summed E-state index contributed by atoms with van der Waals surface area (Å²) in [6, 6.07) is 7.49. The molecule has 1 heterocycles. The van der Waals surface area contributed by atoms with Crippen molar-refractivity contribution in [3.63, 3.8) is 0 Å². The van der Waals surface area contributed by atoms with Gasteiger partial charge in [0.15, 0.2) is 0 Å². The summed E-state index contributed by atoms with van der Waals surface area (Å²) in [5.41, 5.74) is 0.611. The van der Waals surface area contributed by atoms with Crippen molar-refractivity contribution in [1.29, 1.82) is 0 Å². The van der Waals surface area contributed by atoms with Gasteiger partial charge in [0, 0.05) is 18.2 Å². The number of carbonyl (C=O) groups is 1. The van der Waals surface area contributed by atoms with Crippen LogP contribution in [0.1, 0.15) is 47.5 Å². The molecule has 0 saturated carbocycles. The molecule has 0 fully saturated rings. The minimum absolute atomic E-state index is 0.0523. The number of nitrogens with zero attached hydrogens (tertiary/aromatic N) is 1. The summed E-state index contributed by atoms with van der Waals surface area (Å²) < 4.78 is 11.6. The molecule has 2 aromatic rings. The van der Waals surface area contributed by atoms with Crippen LogP contribution >= 0.6 is 0 Å². The van der Waals surface area contributed by atoms with Crippen molar-refractivity contribution in [3.8, 4) is 5.75 Å². The van der Waals surface area contributed by atoms with Crippen LogP contribution in [-0.2, 0) is 9.53 Å². The quantitative estimate of drug-likeness (QED) is 0.763. The third-order valence-corrected chi connectivity index (χ3v) is 4.01. The van der Waals surface area contributed by atoms with E-state index in [-0.39, 0.29) is 12.0 Å². The summed E-state index contributed by atoms with van der Waals surface area (Å²) in [7, 11) is 0. The third kappa shape index (κ3) is 4.48. The first-order valence-corrected chi connectivity index (χ1v) is 8.91. The molecule has 1 N–H and O–H groups in total. The van der Waals surface area contributed by atoms with Crippen LogP contribution in [0.2, 0.25) is 0 Å². The fraction of sp³-hybridized carbons (Fsp3) is 0.500. The number of hydrogen-bond donors (Lipinski definition) is 1. The monoisotopic (exact) mass is 344 g/mol. The van der Waals surface area contributed by atoms with Gasteiger partial charge in [0.05, 0.1) is 11.8 Å². The highest BCUT2D eigenvalue weighted by molar-refractivity contribution is 6.05. The molecule has 1 atom stereocenters. The Kier molecular flexibility index (Phi) is 6.37. The summed E-state index contributed by atoms with van der Waals surface area (Å²) in [5.74, 6) is 0.573. The highest BCUT2D eigenvalue weighted by atomic mass is 16.5. The molecule has 0 unspecified atom stereocenters. The number of rotatable bonds is 8. The zero-order valence-corrected chi connectivity index (χ0v) is 15.8. The number of hydrogen-bond acceptors (Lipinski definition) is 4. The topological polar surface area (TPSA) is 60.5 Å². The van der Waals surface area contributed by atoms with Crippen molar-refractivity contribution in [1.82, 2.24) is 4.98 Å². The van der Waals surface area contributed by atoms with E-state index in [0.29, 0.717) is 24.5 Å². The van der Waals surface area contributed by atoms with Gasteiger partial charge in [-0.1, -0.05) is 13.3 Å². The molecule has 5 heteroatoms. The number of aromatic nitrogens is 1. The van der Waals surface area contributed by atoms with Crippen molar-refractivity contribution in [2.45, 2.75) is 59.2 Å². The van der Waals surface area contributed by atoms with Gasteiger partial charge in [0.1, 0.15) is 16.9 Å². The normalized spacial score (nSPS) is 13.7. The fourth-order valence-corrected chi connectivity index (χ4v) is 2.91. The van der Waals surface area contributed by atoms with E-state index >= 15 is 0 Å². The van der Waals surface area contributed by atoms with E-state index in [1.807, 2.05) is 58.9 Å². The molecule has 1 aromatic heterocycles. The lowest BCUT2D eigenvalue weighted by Crippen LogP contribution is -2.42. The molecule has 0 saturated heterocycles. The molecule has 0 spiro atoms. The van der Waals surface area contributed by atoms with E-state index < -0.39 is 5.60 Å². The van der Waals surface area contributed by atoms with Crippen LogP contribution in [0, 0.1) is 0 Å². The number of carbonyl (C=O) groups excluding carboxylic acids is 1. The van der Waals surface area contributed by atoms with Crippen LogP contribution in [0.25, 0.3) is 10.9 Å². The summed E-state index contributed by atoms with van der Waals surface area (Å²) in [4.78, 5) is 17.3. The maximum absolute atomic E-state index is 12.8. The summed E-state index contributed by atoms with van der Waals surface area (Å²) >= 11 is 0. The maximum atomic E-state index is 12.8. The number of amides is 1. The predicted molar refractivity (Wildman–Crippen MR) is 101 cm³/mol. The molecule has 0 radical (unpaired) electrons. The Bertz CT molecular complexity index is 722. The Balaban J connectivity index is 2.37. The number of pyridine rings is 1. The van der Waals surface area contributed by atoms with Crippen molar-refractivity contribution in [3.05, 3.63) is 30.5 Å².